The number of anilines is 1. The van der Waals surface area contributed by atoms with Crippen molar-refractivity contribution in [2.75, 3.05) is 18.5 Å². The van der Waals surface area contributed by atoms with Crippen LogP contribution >= 0.6 is 0 Å². The molecule has 3 heterocycles. The fraction of sp³-hybridized carbons (Fsp3) is 0.538. The lowest BCUT2D eigenvalue weighted by Crippen LogP contribution is -2.32. The SMILES string of the molecule is CCNc1ncc2occ(C3O[C@H](CO)[C@@H](O)[C@H]3O)c2n1. The molecule has 4 N–H and O–H groups in total. The van der Waals surface area contributed by atoms with Gasteiger partial charge in [0.15, 0.2) is 5.58 Å². The number of aliphatic hydroxyl groups is 3. The Kier molecular flexibility index (Phi) is 3.77. The summed E-state index contributed by atoms with van der Waals surface area (Å²) in [4.78, 5) is 8.42. The molecule has 0 amide bonds. The third kappa shape index (κ3) is 2.36. The zero-order valence-electron chi connectivity index (χ0n) is 11.4. The van der Waals surface area contributed by atoms with Gasteiger partial charge < -0.3 is 29.8 Å². The van der Waals surface area contributed by atoms with Crippen molar-refractivity contribution in [3.8, 4) is 0 Å². The molecule has 0 saturated carbocycles. The molecule has 1 unspecified atom stereocenters. The third-order valence-corrected chi connectivity index (χ3v) is 3.53. The predicted octanol–water partition coefficient (Wildman–Crippen LogP) is -0.191. The van der Waals surface area contributed by atoms with Crippen LogP contribution in [0.2, 0.25) is 0 Å². The highest BCUT2D eigenvalue weighted by atomic mass is 16.6. The van der Waals surface area contributed by atoms with Gasteiger partial charge in [-0.25, -0.2) is 9.97 Å². The van der Waals surface area contributed by atoms with E-state index in [0.29, 0.717) is 29.2 Å². The highest BCUT2D eigenvalue weighted by Crippen LogP contribution is 2.37. The highest BCUT2D eigenvalue weighted by Gasteiger charge is 2.44. The Balaban J connectivity index is 1.98. The monoisotopic (exact) mass is 295 g/mol. The largest absolute Gasteiger partial charge is 0.461 e. The van der Waals surface area contributed by atoms with Crippen LogP contribution in [0.25, 0.3) is 11.1 Å². The molecule has 2 aromatic rings. The van der Waals surface area contributed by atoms with E-state index < -0.39 is 24.4 Å². The standard InChI is InChI=1S/C13H17N3O5/c1-2-14-13-15-3-7-9(16-13)6(5-20-7)12-11(19)10(18)8(4-17)21-12/h3,5,8,10-12,17-19H,2,4H2,1H3,(H,14,15,16)/t8-,10-,11-,12?/m1/s1. The fourth-order valence-electron chi connectivity index (χ4n) is 2.45. The molecule has 0 bridgehead atoms. The Hall–Kier alpha value is -1.74. The number of hydrogen-bond acceptors (Lipinski definition) is 8. The molecule has 1 fully saturated rings. The zero-order valence-corrected chi connectivity index (χ0v) is 11.4. The van der Waals surface area contributed by atoms with Gasteiger partial charge in [-0.2, -0.15) is 0 Å². The van der Waals surface area contributed by atoms with Crippen molar-refractivity contribution in [2.24, 2.45) is 0 Å². The zero-order chi connectivity index (χ0) is 15.0. The summed E-state index contributed by atoms with van der Waals surface area (Å²) in [6, 6.07) is 0. The van der Waals surface area contributed by atoms with Gasteiger partial charge in [0.05, 0.1) is 19.1 Å². The summed E-state index contributed by atoms with van der Waals surface area (Å²) in [5, 5.41) is 32.0. The van der Waals surface area contributed by atoms with Crippen molar-refractivity contribution in [1.82, 2.24) is 9.97 Å². The maximum absolute atomic E-state index is 10.1. The van der Waals surface area contributed by atoms with E-state index in [0.717, 1.165) is 0 Å². The molecule has 1 saturated heterocycles. The van der Waals surface area contributed by atoms with Crippen LogP contribution in [-0.2, 0) is 4.74 Å². The first kappa shape index (κ1) is 14.2. The lowest BCUT2D eigenvalue weighted by Gasteiger charge is -2.12. The Bertz CT molecular complexity index is 631. The second-order valence-electron chi connectivity index (χ2n) is 4.89. The number of rotatable bonds is 4. The first-order valence-electron chi connectivity index (χ1n) is 6.76. The predicted molar refractivity (Wildman–Crippen MR) is 72.7 cm³/mol. The van der Waals surface area contributed by atoms with Crippen molar-refractivity contribution >= 4 is 17.0 Å². The van der Waals surface area contributed by atoms with E-state index >= 15 is 0 Å². The number of furan rings is 1. The number of ether oxygens (including phenoxy) is 1. The average molecular weight is 295 g/mol. The molecular formula is C13H17N3O5. The highest BCUT2D eigenvalue weighted by molar-refractivity contribution is 5.77. The number of nitrogens with one attached hydrogen (secondary N) is 1. The lowest BCUT2D eigenvalue weighted by molar-refractivity contribution is -0.0226. The minimum absolute atomic E-state index is 0.373. The topological polar surface area (TPSA) is 121 Å². The molecule has 0 aromatic carbocycles. The number of hydrogen-bond donors (Lipinski definition) is 4. The molecule has 3 rings (SSSR count). The molecule has 0 radical (unpaired) electrons. The number of aromatic nitrogens is 2. The van der Waals surface area contributed by atoms with E-state index in [1.54, 1.807) is 0 Å². The van der Waals surface area contributed by atoms with Crippen LogP contribution in [0.1, 0.15) is 18.6 Å². The summed E-state index contributed by atoms with van der Waals surface area (Å²) in [6.07, 6.45) is -0.978. The van der Waals surface area contributed by atoms with E-state index in [-0.39, 0.29) is 6.61 Å². The van der Waals surface area contributed by atoms with E-state index in [1.165, 1.54) is 12.5 Å². The third-order valence-electron chi connectivity index (χ3n) is 3.53. The van der Waals surface area contributed by atoms with Gasteiger partial charge in [-0.3, -0.25) is 0 Å². The summed E-state index contributed by atoms with van der Waals surface area (Å²) in [7, 11) is 0. The van der Waals surface area contributed by atoms with Crippen LogP contribution in [-0.4, -0.2) is 56.8 Å². The summed E-state index contributed by atoms with van der Waals surface area (Å²) in [6.45, 7) is 2.23. The first-order valence-corrected chi connectivity index (χ1v) is 6.76. The molecule has 8 heteroatoms. The van der Waals surface area contributed by atoms with Gasteiger partial charge in [0.25, 0.3) is 0 Å². The van der Waals surface area contributed by atoms with Crippen LogP contribution in [0.4, 0.5) is 5.95 Å². The minimum atomic E-state index is -1.15. The molecule has 1 aliphatic heterocycles. The van der Waals surface area contributed by atoms with Crippen LogP contribution in [0.5, 0.6) is 0 Å². The number of aliphatic hydroxyl groups excluding tert-OH is 3. The maximum Gasteiger partial charge on any atom is 0.223 e. The minimum Gasteiger partial charge on any atom is -0.461 e. The first-order chi connectivity index (χ1) is 10.2. The van der Waals surface area contributed by atoms with Crippen LogP contribution < -0.4 is 5.32 Å². The molecule has 0 aliphatic carbocycles. The molecule has 2 aromatic heterocycles. The van der Waals surface area contributed by atoms with Gasteiger partial charge >= 0.3 is 0 Å². The summed E-state index contributed by atoms with van der Waals surface area (Å²) < 4.78 is 10.9. The molecular weight excluding hydrogens is 278 g/mol. The van der Waals surface area contributed by atoms with Crippen molar-refractivity contribution in [2.45, 2.75) is 31.3 Å². The summed E-state index contributed by atoms with van der Waals surface area (Å²) >= 11 is 0. The lowest BCUT2D eigenvalue weighted by atomic mass is 10.0. The Labute approximate surface area is 120 Å². The van der Waals surface area contributed by atoms with Crippen molar-refractivity contribution in [3.05, 3.63) is 18.0 Å². The number of fused-ring (bicyclic) bond motifs is 1. The van der Waals surface area contributed by atoms with Gasteiger partial charge in [-0.05, 0) is 6.92 Å². The van der Waals surface area contributed by atoms with Crippen LogP contribution in [0, 0.1) is 0 Å². The van der Waals surface area contributed by atoms with Gasteiger partial charge in [0.2, 0.25) is 5.95 Å². The average Bonchev–Trinajstić information content (AvgIpc) is 3.02. The maximum atomic E-state index is 10.1. The quantitative estimate of drug-likeness (QED) is 0.612. The Morgan fingerprint density at radius 2 is 2.14 bits per heavy atom. The van der Waals surface area contributed by atoms with Gasteiger partial charge in [-0.15, -0.1) is 0 Å². The smallest absolute Gasteiger partial charge is 0.223 e. The van der Waals surface area contributed by atoms with E-state index in [9.17, 15) is 10.2 Å². The Morgan fingerprint density at radius 3 is 2.81 bits per heavy atom. The number of nitrogens with zero attached hydrogens (tertiary/aromatic N) is 2. The molecule has 0 spiro atoms. The van der Waals surface area contributed by atoms with Crippen LogP contribution in [0.15, 0.2) is 16.9 Å². The normalized spacial score (nSPS) is 29.1. The summed E-state index contributed by atoms with van der Waals surface area (Å²) in [5.74, 6) is 0.444. The molecule has 4 atom stereocenters. The van der Waals surface area contributed by atoms with E-state index in [1.807, 2.05) is 6.92 Å². The van der Waals surface area contributed by atoms with E-state index in [4.69, 9.17) is 14.3 Å². The molecule has 114 valence electrons. The summed E-state index contributed by atoms with van der Waals surface area (Å²) in [5.41, 5.74) is 1.49. The van der Waals surface area contributed by atoms with E-state index in [2.05, 4.69) is 15.3 Å². The second kappa shape index (κ2) is 5.57. The van der Waals surface area contributed by atoms with Crippen molar-refractivity contribution < 1.29 is 24.5 Å². The molecule has 1 aliphatic rings. The van der Waals surface area contributed by atoms with Gasteiger partial charge in [0.1, 0.15) is 29.9 Å². The molecule has 8 nitrogen and oxygen atoms in total. The van der Waals surface area contributed by atoms with Crippen molar-refractivity contribution in [3.63, 3.8) is 0 Å². The molecule has 21 heavy (non-hydrogen) atoms. The Morgan fingerprint density at radius 1 is 1.33 bits per heavy atom. The second-order valence-corrected chi connectivity index (χ2v) is 4.89. The van der Waals surface area contributed by atoms with Crippen LogP contribution in [0.3, 0.4) is 0 Å². The van der Waals surface area contributed by atoms with Crippen molar-refractivity contribution in [1.29, 1.82) is 0 Å². The van der Waals surface area contributed by atoms with Gasteiger partial charge in [-0.1, -0.05) is 0 Å². The van der Waals surface area contributed by atoms with Gasteiger partial charge in [0, 0.05) is 12.1 Å². The fourth-order valence-corrected chi connectivity index (χ4v) is 2.45.